The average Bonchev–Trinajstić information content (AvgIpc) is 2.19. The van der Waals surface area contributed by atoms with Crippen molar-refractivity contribution in [3.63, 3.8) is 0 Å². The standard InChI is InChI=1S/C8H21N2O3P/c1-4-14(11,9-5-7-12-2)10-6-8-13-3/h4-8H2,1-3H3,(H2,9,10,11). The van der Waals surface area contributed by atoms with Crippen LogP contribution in [-0.4, -0.2) is 46.7 Å². The minimum Gasteiger partial charge on any atom is -0.383 e. The van der Waals surface area contributed by atoms with Crippen molar-refractivity contribution < 1.29 is 14.0 Å². The van der Waals surface area contributed by atoms with E-state index < -0.39 is 7.44 Å². The number of rotatable bonds is 9. The molecule has 0 saturated carbocycles. The quantitative estimate of drug-likeness (QED) is 0.445. The van der Waals surface area contributed by atoms with Crippen LogP contribution >= 0.6 is 7.44 Å². The molecule has 0 spiro atoms. The van der Waals surface area contributed by atoms with Gasteiger partial charge in [0.25, 0.3) is 0 Å². The molecule has 0 rings (SSSR count). The maximum atomic E-state index is 12.0. The largest absolute Gasteiger partial charge is 0.383 e. The van der Waals surface area contributed by atoms with Gasteiger partial charge in [-0.25, -0.2) is 0 Å². The zero-order valence-electron chi connectivity index (χ0n) is 9.21. The molecule has 0 unspecified atom stereocenters. The molecular weight excluding hydrogens is 203 g/mol. The first-order valence-corrected chi connectivity index (χ1v) is 6.65. The Morgan fingerprint density at radius 1 is 1.07 bits per heavy atom. The second-order valence-electron chi connectivity index (χ2n) is 2.86. The number of nitrogens with one attached hydrogen (secondary N) is 2. The summed E-state index contributed by atoms with van der Waals surface area (Å²) in [5.74, 6) is 0. The van der Waals surface area contributed by atoms with Crippen LogP contribution in [-0.2, 0) is 14.0 Å². The Labute approximate surface area is 86.0 Å². The van der Waals surface area contributed by atoms with E-state index in [0.29, 0.717) is 32.5 Å². The molecule has 0 radical (unpaired) electrons. The molecule has 0 aromatic heterocycles. The third kappa shape index (κ3) is 6.51. The molecule has 0 aliphatic rings. The summed E-state index contributed by atoms with van der Waals surface area (Å²) in [6, 6.07) is 0. The average molecular weight is 224 g/mol. The Morgan fingerprint density at radius 2 is 1.50 bits per heavy atom. The van der Waals surface area contributed by atoms with Gasteiger partial charge in [0.1, 0.15) is 0 Å². The smallest absolute Gasteiger partial charge is 0.211 e. The van der Waals surface area contributed by atoms with Crippen molar-refractivity contribution in [1.29, 1.82) is 0 Å². The molecule has 2 N–H and O–H groups in total. The molecule has 0 bridgehead atoms. The fourth-order valence-electron chi connectivity index (χ4n) is 0.936. The van der Waals surface area contributed by atoms with Crippen molar-refractivity contribution in [3.8, 4) is 0 Å². The molecule has 14 heavy (non-hydrogen) atoms. The van der Waals surface area contributed by atoms with E-state index >= 15 is 0 Å². The molecule has 6 heteroatoms. The van der Waals surface area contributed by atoms with Gasteiger partial charge in [-0.15, -0.1) is 0 Å². The van der Waals surface area contributed by atoms with Gasteiger partial charge in [-0.2, -0.15) is 0 Å². The monoisotopic (exact) mass is 224 g/mol. The van der Waals surface area contributed by atoms with Crippen LogP contribution in [0.15, 0.2) is 0 Å². The van der Waals surface area contributed by atoms with Crippen LogP contribution in [0.25, 0.3) is 0 Å². The number of ether oxygens (including phenoxy) is 2. The van der Waals surface area contributed by atoms with Crippen molar-refractivity contribution in [2.45, 2.75) is 6.92 Å². The van der Waals surface area contributed by atoms with Crippen molar-refractivity contribution >= 4 is 7.44 Å². The summed E-state index contributed by atoms with van der Waals surface area (Å²) in [4.78, 5) is 0. The Kier molecular flexibility index (Phi) is 8.43. The highest BCUT2D eigenvalue weighted by Gasteiger charge is 2.16. The second kappa shape index (κ2) is 8.38. The lowest BCUT2D eigenvalue weighted by molar-refractivity contribution is 0.201. The summed E-state index contributed by atoms with van der Waals surface area (Å²) in [7, 11) is 0.824. The molecule has 0 heterocycles. The summed E-state index contributed by atoms with van der Waals surface area (Å²) in [6.45, 7) is 4.22. The van der Waals surface area contributed by atoms with Crippen molar-refractivity contribution in [2.24, 2.45) is 0 Å². The van der Waals surface area contributed by atoms with E-state index in [1.54, 1.807) is 14.2 Å². The lowest BCUT2D eigenvalue weighted by Crippen LogP contribution is -2.28. The van der Waals surface area contributed by atoms with Crippen LogP contribution in [0.3, 0.4) is 0 Å². The molecule has 0 fully saturated rings. The van der Waals surface area contributed by atoms with Crippen LogP contribution in [0.1, 0.15) is 6.92 Å². The molecular formula is C8H21N2O3P. The minimum absolute atomic E-state index is 0.565. The van der Waals surface area contributed by atoms with E-state index in [0.717, 1.165) is 0 Å². The van der Waals surface area contributed by atoms with Crippen molar-refractivity contribution in [1.82, 2.24) is 10.2 Å². The first-order valence-electron chi connectivity index (χ1n) is 4.75. The summed E-state index contributed by atoms with van der Waals surface area (Å²) < 4.78 is 21.7. The van der Waals surface area contributed by atoms with Crippen molar-refractivity contribution in [2.75, 3.05) is 46.7 Å². The van der Waals surface area contributed by atoms with Crippen LogP contribution in [0.5, 0.6) is 0 Å². The lowest BCUT2D eigenvalue weighted by Gasteiger charge is -2.18. The van der Waals surface area contributed by atoms with Gasteiger partial charge in [0.2, 0.25) is 7.44 Å². The molecule has 0 atom stereocenters. The van der Waals surface area contributed by atoms with E-state index in [1.165, 1.54) is 0 Å². The Balaban J connectivity index is 3.74. The molecule has 0 saturated heterocycles. The second-order valence-corrected chi connectivity index (χ2v) is 5.60. The first-order chi connectivity index (χ1) is 6.68. The first kappa shape index (κ1) is 14.1. The zero-order valence-corrected chi connectivity index (χ0v) is 10.1. The zero-order chi connectivity index (χ0) is 10.9. The van der Waals surface area contributed by atoms with Crippen LogP contribution < -0.4 is 10.2 Å². The fraction of sp³-hybridized carbons (Fsp3) is 1.00. The van der Waals surface area contributed by atoms with Gasteiger partial charge in [0.15, 0.2) is 0 Å². The molecule has 0 aromatic carbocycles. The Hall–Kier alpha value is 0.0700. The van der Waals surface area contributed by atoms with Gasteiger partial charge in [0.05, 0.1) is 13.2 Å². The summed E-state index contributed by atoms with van der Waals surface area (Å²) in [6.07, 6.45) is 0.584. The number of hydrogen-bond donors (Lipinski definition) is 2. The van der Waals surface area contributed by atoms with Gasteiger partial charge in [0, 0.05) is 33.5 Å². The van der Waals surface area contributed by atoms with Crippen LogP contribution in [0.4, 0.5) is 0 Å². The van der Waals surface area contributed by atoms with Gasteiger partial charge < -0.3 is 9.47 Å². The van der Waals surface area contributed by atoms with Crippen LogP contribution in [0.2, 0.25) is 0 Å². The van der Waals surface area contributed by atoms with E-state index in [-0.39, 0.29) is 0 Å². The molecule has 0 amide bonds. The van der Waals surface area contributed by atoms with E-state index in [1.807, 2.05) is 6.92 Å². The highest BCUT2D eigenvalue weighted by molar-refractivity contribution is 7.59. The number of hydrogen-bond acceptors (Lipinski definition) is 3. The van der Waals surface area contributed by atoms with Crippen molar-refractivity contribution in [3.05, 3.63) is 0 Å². The van der Waals surface area contributed by atoms with Crippen LogP contribution in [0, 0.1) is 0 Å². The highest BCUT2D eigenvalue weighted by atomic mass is 31.2. The van der Waals surface area contributed by atoms with Gasteiger partial charge in [-0.05, 0) is 0 Å². The highest BCUT2D eigenvalue weighted by Crippen LogP contribution is 2.33. The molecule has 0 aliphatic heterocycles. The normalized spacial score (nSPS) is 11.9. The maximum absolute atomic E-state index is 12.0. The Morgan fingerprint density at radius 3 is 1.79 bits per heavy atom. The topological polar surface area (TPSA) is 59.6 Å². The summed E-state index contributed by atoms with van der Waals surface area (Å²) in [5, 5.41) is 5.94. The molecule has 0 aliphatic carbocycles. The van der Waals surface area contributed by atoms with Gasteiger partial charge in [-0.1, -0.05) is 6.92 Å². The predicted molar refractivity (Wildman–Crippen MR) is 57.9 cm³/mol. The molecule has 86 valence electrons. The molecule has 5 nitrogen and oxygen atoms in total. The molecule has 0 aromatic rings. The van der Waals surface area contributed by atoms with Gasteiger partial charge >= 0.3 is 0 Å². The van der Waals surface area contributed by atoms with E-state index in [2.05, 4.69) is 10.2 Å². The third-order valence-electron chi connectivity index (χ3n) is 1.79. The summed E-state index contributed by atoms with van der Waals surface area (Å²) >= 11 is 0. The summed E-state index contributed by atoms with van der Waals surface area (Å²) in [5.41, 5.74) is 0. The minimum atomic E-state index is -2.42. The predicted octanol–water partition coefficient (Wildman–Crippen LogP) is 0.671. The SMILES string of the molecule is CCP(=O)(NCCOC)NCCOC. The van der Waals surface area contributed by atoms with Gasteiger partial charge in [-0.3, -0.25) is 14.7 Å². The fourth-order valence-corrected chi connectivity index (χ4v) is 2.40. The lowest BCUT2D eigenvalue weighted by atomic mass is 10.7. The maximum Gasteiger partial charge on any atom is 0.211 e. The van der Waals surface area contributed by atoms with E-state index in [4.69, 9.17) is 9.47 Å². The Bertz CT molecular complexity index is 164. The number of methoxy groups -OCH3 is 2. The third-order valence-corrected chi connectivity index (χ3v) is 4.15. The van der Waals surface area contributed by atoms with E-state index in [9.17, 15) is 4.57 Å².